The number of amides is 1. The molecule has 134 valence electrons. The van der Waals surface area contributed by atoms with E-state index < -0.39 is 10.0 Å². The van der Waals surface area contributed by atoms with Crippen LogP contribution in [-0.2, 0) is 14.8 Å². The minimum Gasteiger partial charge on any atom is -0.484 e. The lowest BCUT2D eigenvalue weighted by Gasteiger charge is -2.12. The summed E-state index contributed by atoms with van der Waals surface area (Å²) in [7, 11) is -3.34. The number of carbonyl (C=O) groups is 1. The van der Waals surface area contributed by atoms with E-state index in [9.17, 15) is 13.2 Å². The molecule has 0 radical (unpaired) electrons. The fourth-order valence-corrected chi connectivity index (χ4v) is 2.81. The van der Waals surface area contributed by atoms with Crippen molar-refractivity contribution < 1.29 is 17.9 Å². The molecule has 0 saturated carbocycles. The van der Waals surface area contributed by atoms with E-state index in [1.807, 2.05) is 0 Å². The zero-order chi connectivity index (χ0) is 18.4. The van der Waals surface area contributed by atoms with E-state index in [2.05, 4.69) is 10.0 Å². The van der Waals surface area contributed by atoms with Gasteiger partial charge < -0.3 is 10.1 Å². The van der Waals surface area contributed by atoms with Gasteiger partial charge in [-0.05, 0) is 61.9 Å². The zero-order valence-electron chi connectivity index (χ0n) is 13.9. The second-order valence-corrected chi connectivity index (χ2v) is 7.77. The summed E-state index contributed by atoms with van der Waals surface area (Å²) in [5, 5.41) is 3.29. The lowest BCUT2D eigenvalue weighted by molar-refractivity contribution is -0.118. The van der Waals surface area contributed by atoms with Gasteiger partial charge in [0.1, 0.15) is 5.75 Å². The summed E-state index contributed by atoms with van der Waals surface area (Å²) in [4.78, 5) is 12.0. The minimum absolute atomic E-state index is 0.00698. The number of ether oxygens (including phenoxy) is 1. The molecule has 0 aliphatic heterocycles. The van der Waals surface area contributed by atoms with Crippen LogP contribution in [-0.4, -0.2) is 26.7 Å². The van der Waals surface area contributed by atoms with Crippen LogP contribution >= 0.6 is 11.6 Å². The molecule has 0 aliphatic rings. The minimum atomic E-state index is -3.34. The van der Waals surface area contributed by atoms with Crippen LogP contribution in [0.1, 0.15) is 12.5 Å². The molecule has 0 spiro atoms. The van der Waals surface area contributed by atoms with Crippen molar-refractivity contribution in [1.29, 1.82) is 0 Å². The second-order valence-electron chi connectivity index (χ2n) is 5.33. The molecule has 0 saturated heterocycles. The van der Waals surface area contributed by atoms with Crippen molar-refractivity contribution in [3.05, 3.63) is 53.1 Å². The molecule has 2 N–H and O–H groups in total. The van der Waals surface area contributed by atoms with Gasteiger partial charge in [-0.2, -0.15) is 0 Å². The van der Waals surface area contributed by atoms with Gasteiger partial charge in [-0.15, -0.1) is 0 Å². The fourth-order valence-electron chi connectivity index (χ4n) is 1.97. The number of hydrogen-bond donors (Lipinski definition) is 2. The lowest BCUT2D eigenvalue weighted by Crippen LogP contribution is -2.20. The SMILES string of the molecule is CCS(=O)(=O)Nc1ccc(NC(=O)COc2ccc(Cl)cc2)cc1C. The first kappa shape index (κ1) is 19.1. The summed E-state index contributed by atoms with van der Waals surface area (Å²) in [6.07, 6.45) is 0. The first-order valence-electron chi connectivity index (χ1n) is 7.58. The van der Waals surface area contributed by atoms with Crippen molar-refractivity contribution in [1.82, 2.24) is 0 Å². The third kappa shape index (κ3) is 5.95. The van der Waals surface area contributed by atoms with Crippen molar-refractivity contribution in [3.63, 3.8) is 0 Å². The maximum Gasteiger partial charge on any atom is 0.262 e. The number of carbonyl (C=O) groups excluding carboxylic acids is 1. The van der Waals surface area contributed by atoms with Crippen molar-refractivity contribution in [2.75, 3.05) is 22.4 Å². The molecule has 0 unspecified atom stereocenters. The van der Waals surface area contributed by atoms with E-state index in [1.54, 1.807) is 56.3 Å². The average Bonchev–Trinajstić information content (AvgIpc) is 2.57. The molecule has 0 heterocycles. The highest BCUT2D eigenvalue weighted by Gasteiger charge is 2.10. The highest BCUT2D eigenvalue weighted by molar-refractivity contribution is 7.92. The van der Waals surface area contributed by atoms with E-state index in [-0.39, 0.29) is 18.3 Å². The molecule has 2 rings (SSSR count). The number of halogens is 1. The monoisotopic (exact) mass is 382 g/mol. The highest BCUT2D eigenvalue weighted by Crippen LogP contribution is 2.21. The molecule has 6 nitrogen and oxygen atoms in total. The number of hydrogen-bond acceptors (Lipinski definition) is 4. The van der Waals surface area contributed by atoms with Crippen LogP contribution in [0.3, 0.4) is 0 Å². The Hall–Kier alpha value is -2.25. The average molecular weight is 383 g/mol. The Morgan fingerprint density at radius 3 is 2.44 bits per heavy atom. The van der Waals surface area contributed by atoms with Crippen LogP contribution < -0.4 is 14.8 Å². The van der Waals surface area contributed by atoms with Crippen LogP contribution in [0.15, 0.2) is 42.5 Å². The molecule has 0 atom stereocenters. The van der Waals surface area contributed by atoms with Crippen LogP contribution in [0.2, 0.25) is 5.02 Å². The Balaban J connectivity index is 1.94. The summed E-state index contributed by atoms with van der Waals surface area (Å²) >= 11 is 5.78. The van der Waals surface area contributed by atoms with E-state index in [4.69, 9.17) is 16.3 Å². The second kappa shape index (κ2) is 8.22. The molecule has 0 aliphatic carbocycles. The maximum absolute atomic E-state index is 12.0. The zero-order valence-corrected chi connectivity index (χ0v) is 15.4. The number of benzene rings is 2. The Morgan fingerprint density at radius 1 is 1.16 bits per heavy atom. The van der Waals surface area contributed by atoms with E-state index in [0.29, 0.717) is 27.7 Å². The Morgan fingerprint density at radius 2 is 1.84 bits per heavy atom. The highest BCUT2D eigenvalue weighted by atomic mass is 35.5. The fraction of sp³-hybridized carbons (Fsp3) is 0.235. The van der Waals surface area contributed by atoms with Crippen LogP contribution in [0.5, 0.6) is 5.75 Å². The number of sulfonamides is 1. The predicted octanol–water partition coefficient (Wildman–Crippen LogP) is 3.43. The van der Waals surface area contributed by atoms with Gasteiger partial charge in [0.25, 0.3) is 5.91 Å². The van der Waals surface area contributed by atoms with Crippen molar-refractivity contribution >= 4 is 38.9 Å². The van der Waals surface area contributed by atoms with Gasteiger partial charge in [0, 0.05) is 10.7 Å². The smallest absolute Gasteiger partial charge is 0.262 e. The first-order valence-corrected chi connectivity index (χ1v) is 9.61. The Labute approximate surface area is 152 Å². The Bertz CT molecular complexity index is 851. The van der Waals surface area contributed by atoms with Gasteiger partial charge in [0.05, 0.1) is 11.4 Å². The summed E-state index contributed by atoms with van der Waals surface area (Å²) in [5.74, 6) is 0.212. The quantitative estimate of drug-likeness (QED) is 0.768. The van der Waals surface area contributed by atoms with Crippen LogP contribution in [0, 0.1) is 6.92 Å². The molecular formula is C17H19ClN2O4S. The van der Waals surface area contributed by atoms with Gasteiger partial charge >= 0.3 is 0 Å². The molecule has 2 aromatic rings. The van der Waals surface area contributed by atoms with E-state index in [0.717, 1.165) is 0 Å². The van der Waals surface area contributed by atoms with Gasteiger partial charge in [-0.3, -0.25) is 9.52 Å². The maximum atomic E-state index is 12.0. The van der Waals surface area contributed by atoms with Crippen LogP contribution in [0.4, 0.5) is 11.4 Å². The number of rotatable bonds is 7. The summed E-state index contributed by atoms with van der Waals surface area (Å²) < 4.78 is 31.1. The predicted molar refractivity (Wildman–Crippen MR) is 99.8 cm³/mol. The van der Waals surface area contributed by atoms with Crippen molar-refractivity contribution in [2.45, 2.75) is 13.8 Å². The summed E-state index contributed by atoms with van der Waals surface area (Å²) in [6.45, 7) is 3.17. The molecule has 0 bridgehead atoms. The van der Waals surface area contributed by atoms with Crippen molar-refractivity contribution in [3.8, 4) is 5.75 Å². The number of nitrogens with one attached hydrogen (secondary N) is 2. The van der Waals surface area contributed by atoms with E-state index in [1.165, 1.54) is 0 Å². The number of aryl methyl sites for hydroxylation is 1. The van der Waals surface area contributed by atoms with E-state index >= 15 is 0 Å². The van der Waals surface area contributed by atoms with Crippen LogP contribution in [0.25, 0.3) is 0 Å². The Kier molecular flexibility index (Phi) is 6.27. The van der Waals surface area contributed by atoms with Gasteiger partial charge in [0.15, 0.2) is 6.61 Å². The third-order valence-electron chi connectivity index (χ3n) is 3.34. The molecule has 1 amide bonds. The largest absolute Gasteiger partial charge is 0.484 e. The molecular weight excluding hydrogens is 364 g/mol. The summed E-state index contributed by atoms with van der Waals surface area (Å²) in [6, 6.07) is 11.6. The standard InChI is InChI=1S/C17H19ClN2O4S/c1-3-25(22,23)20-16-9-6-14(10-12(16)2)19-17(21)11-24-15-7-4-13(18)5-8-15/h4-10,20H,3,11H2,1-2H3,(H,19,21). The lowest BCUT2D eigenvalue weighted by atomic mass is 10.2. The normalized spacial score (nSPS) is 11.0. The first-order chi connectivity index (χ1) is 11.8. The molecule has 2 aromatic carbocycles. The molecule has 25 heavy (non-hydrogen) atoms. The topological polar surface area (TPSA) is 84.5 Å². The molecule has 0 fully saturated rings. The van der Waals surface area contributed by atoms with Crippen molar-refractivity contribution in [2.24, 2.45) is 0 Å². The van der Waals surface area contributed by atoms with Gasteiger partial charge in [-0.1, -0.05) is 11.6 Å². The summed E-state index contributed by atoms with van der Waals surface area (Å²) in [5.41, 5.74) is 1.74. The van der Waals surface area contributed by atoms with Gasteiger partial charge in [0.2, 0.25) is 10.0 Å². The molecule has 8 heteroatoms. The third-order valence-corrected chi connectivity index (χ3v) is 4.88. The molecule has 0 aromatic heterocycles. The van der Waals surface area contributed by atoms with Gasteiger partial charge in [-0.25, -0.2) is 8.42 Å². The number of anilines is 2.